The second-order valence-corrected chi connectivity index (χ2v) is 6.43. The van der Waals surface area contributed by atoms with E-state index < -0.39 is 0 Å². The van der Waals surface area contributed by atoms with Crippen molar-refractivity contribution in [1.82, 2.24) is 15.5 Å². The molecular formula is C17H34N4O. The molecule has 2 aliphatic rings. The molecule has 1 saturated heterocycles. The third-order valence-electron chi connectivity index (χ3n) is 4.81. The maximum absolute atomic E-state index is 5.52. The van der Waals surface area contributed by atoms with Crippen LogP contribution in [0.1, 0.15) is 46.5 Å². The molecule has 22 heavy (non-hydrogen) atoms. The monoisotopic (exact) mass is 310 g/mol. The number of morpholine rings is 1. The van der Waals surface area contributed by atoms with Gasteiger partial charge in [-0.2, -0.15) is 0 Å². The summed E-state index contributed by atoms with van der Waals surface area (Å²) >= 11 is 0. The first kappa shape index (κ1) is 17.5. The van der Waals surface area contributed by atoms with Crippen LogP contribution in [0.25, 0.3) is 0 Å². The van der Waals surface area contributed by atoms with Crippen molar-refractivity contribution in [3.63, 3.8) is 0 Å². The van der Waals surface area contributed by atoms with Crippen molar-refractivity contribution in [3.05, 3.63) is 0 Å². The normalized spacial score (nSPS) is 21.9. The Hall–Kier alpha value is -0.810. The van der Waals surface area contributed by atoms with Gasteiger partial charge in [-0.25, -0.2) is 0 Å². The van der Waals surface area contributed by atoms with Gasteiger partial charge >= 0.3 is 0 Å². The highest BCUT2D eigenvalue weighted by Crippen LogP contribution is 2.21. The van der Waals surface area contributed by atoms with E-state index in [-0.39, 0.29) is 0 Å². The summed E-state index contributed by atoms with van der Waals surface area (Å²) in [6.45, 7) is 12.4. The summed E-state index contributed by atoms with van der Waals surface area (Å²) in [7, 11) is 0. The fourth-order valence-corrected chi connectivity index (χ4v) is 3.23. The Bertz CT molecular complexity index is 334. The summed E-state index contributed by atoms with van der Waals surface area (Å²) < 4.78 is 5.52. The minimum absolute atomic E-state index is 0.536. The third kappa shape index (κ3) is 5.43. The highest BCUT2D eigenvalue weighted by Gasteiger charge is 2.27. The smallest absolute Gasteiger partial charge is 0.191 e. The van der Waals surface area contributed by atoms with E-state index in [1.54, 1.807) is 0 Å². The quantitative estimate of drug-likeness (QED) is 0.530. The number of nitrogens with zero attached hydrogens (tertiary/aromatic N) is 2. The van der Waals surface area contributed by atoms with Gasteiger partial charge in [0.1, 0.15) is 0 Å². The van der Waals surface area contributed by atoms with E-state index in [9.17, 15) is 0 Å². The van der Waals surface area contributed by atoms with Crippen molar-refractivity contribution >= 4 is 5.96 Å². The predicted molar refractivity (Wildman–Crippen MR) is 92.4 cm³/mol. The van der Waals surface area contributed by atoms with Crippen LogP contribution in [0.3, 0.4) is 0 Å². The molecule has 2 rings (SSSR count). The fraction of sp³-hybridized carbons (Fsp3) is 0.941. The molecule has 1 unspecified atom stereocenters. The molecule has 1 atom stereocenters. The summed E-state index contributed by atoms with van der Waals surface area (Å²) in [5.74, 6) is 1.71. The number of ether oxygens (including phenoxy) is 1. The van der Waals surface area contributed by atoms with Crippen LogP contribution in [-0.4, -0.2) is 62.3 Å². The Morgan fingerprint density at radius 3 is 2.41 bits per heavy atom. The summed E-state index contributed by atoms with van der Waals surface area (Å²) in [4.78, 5) is 7.49. The standard InChI is InChI=1S/C17H34N4O/c1-4-14(5-2)16(21-9-11-22-12-10-21)13-19-17(18-6-3)20-15-7-8-15/h14-16H,4-13H2,1-3H3,(H2,18,19,20). The van der Waals surface area contributed by atoms with Crippen molar-refractivity contribution in [2.24, 2.45) is 10.9 Å². The minimum atomic E-state index is 0.536. The highest BCUT2D eigenvalue weighted by atomic mass is 16.5. The average Bonchev–Trinajstić information content (AvgIpc) is 3.36. The number of aliphatic imine (C=N–C) groups is 1. The Morgan fingerprint density at radius 2 is 1.86 bits per heavy atom. The summed E-state index contributed by atoms with van der Waals surface area (Å²) in [5.41, 5.74) is 0. The SMILES string of the molecule is CCNC(=NCC(C(CC)CC)N1CCOCC1)NC1CC1. The maximum atomic E-state index is 5.52. The molecule has 128 valence electrons. The highest BCUT2D eigenvalue weighted by molar-refractivity contribution is 5.80. The van der Waals surface area contributed by atoms with Gasteiger partial charge in [-0.1, -0.05) is 26.7 Å². The van der Waals surface area contributed by atoms with Gasteiger partial charge < -0.3 is 15.4 Å². The van der Waals surface area contributed by atoms with Crippen LogP contribution in [0.5, 0.6) is 0 Å². The number of hydrogen-bond donors (Lipinski definition) is 2. The van der Waals surface area contributed by atoms with Crippen LogP contribution in [0, 0.1) is 5.92 Å². The van der Waals surface area contributed by atoms with Crippen molar-refractivity contribution in [3.8, 4) is 0 Å². The molecule has 0 aromatic rings. The van der Waals surface area contributed by atoms with Crippen LogP contribution in [0.4, 0.5) is 0 Å². The largest absolute Gasteiger partial charge is 0.379 e. The molecule has 5 nitrogen and oxygen atoms in total. The molecule has 1 aliphatic heterocycles. The third-order valence-corrected chi connectivity index (χ3v) is 4.81. The van der Waals surface area contributed by atoms with E-state index in [1.807, 2.05) is 0 Å². The molecule has 2 fully saturated rings. The van der Waals surface area contributed by atoms with E-state index in [0.29, 0.717) is 18.0 Å². The summed E-state index contributed by atoms with van der Waals surface area (Å²) in [5, 5.41) is 6.90. The number of rotatable bonds is 8. The van der Waals surface area contributed by atoms with Crippen LogP contribution in [-0.2, 0) is 4.74 Å². The lowest BCUT2D eigenvalue weighted by Gasteiger charge is -2.38. The second kappa shape index (κ2) is 9.36. The van der Waals surface area contributed by atoms with E-state index in [2.05, 4.69) is 36.3 Å². The zero-order chi connectivity index (χ0) is 15.8. The number of guanidine groups is 1. The van der Waals surface area contributed by atoms with Gasteiger partial charge in [0.15, 0.2) is 5.96 Å². The maximum Gasteiger partial charge on any atom is 0.191 e. The van der Waals surface area contributed by atoms with E-state index in [1.165, 1.54) is 25.7 Å². The molecule has 1 saturated carbocycles. The molecule has 2 N–H and O–H groups in total. The molecule has 0 spiro atoms. The summed E-state index contributed by atoms with van der Waals surface area (Å²) in [6, 6.07) is 1.18. The first-order valence-electron chi connectivity index (χ1n) is 9.15. The van der Waals surface area contributed by atoms with E-state index in [0.717, 1.165) is 45.4 Å². The molecule has 0 bridgehead atoms. The van der Waals surface area contributed by atoms with Crippen LogP contribution in [0.15, 0.2) is 4.99 Å². The van der Waals surface area contributed by atoms with Crippen LogP contribution >= 0.6 is 0 Å². The first-order chi connectivity index (χ1) is 10.8. The lowest BCUT2D eigenvalue weighted by atomic mass is 9.92. The molecular weight excluding hydrogens is 276 g/mol. The number of nitrogens with one attached hydrogen (secondary N) is 2. The van der Waals surface area contributed by atoms with Gasteiger partial charge in [-0.05, 0) is 25.7 Å². The van der Waals surface area contributed by atoms with Crippen LogP contribution < -0.4 is 10.6 Å². The van der Waals surface area contributed by atoms with Crippen molar-refractivity contribution in [2.45, 2.75) is 58.5 Å². The van der Waals surface area contributed by atoms with E-state index in [4.69, 9.17) is 9.73 Å². The van der Waals surface area contributed by atoms with Crippen molar-refractivity contribution in [2.75, 3.05) is 39.4 Å². The Labute approximate surface area is 135 Å². The van der Waals surface area contributed by atoms with Gasteiger partial charge in [-0.15, -0.1) is 0 Å². The molecule has 1 heterocycles. The zero-order valence-corrected chi connectivity index (χ0v) is 14.6. The summed E-state index contributed by atoms with van der Waals surface area (Å²) in [6.07, 6.45) is 5.01. The molecule has 0 amide bonds. The fourth-order valence-electron chi connectivity index (χ4n) is 3.23. The Morgan fingerprint density at radius 1 is 1.18 bits per heavy atom. The van der Waals surface area contributed by atoms with Gasteiger partial charge in [0.25, 0.3) is 0 Å². The van der Waals surface area contributed by atoms with Gasteiger partial charge in [-0.3, -0.25) is 9.89 Å². The lowest BCUT2D eigenvalue weighted by molar-refractivity contribution is 0.00395. The molecule has 0 aromatic carbocycles. The van der Waals surface area contributed by atoms with Crippen molar-refractivity contribution < 1.29 is 4.74 Å². The Balaban J connectivity index is 1.98. The Kier molecular flexibility index (Phi) is 7.46. The van der Waals surface area contributed by atoms with Gasteiger partial charge in [0, 0.05) is 31.7 Å². The van der Waals surface area contributed by atoms with Gasteiger partial charge in [0.05, 0.1) is 19.8 Å². The predicted octanol–water partition coefficient (Wildman–Crippen LogP) is 1.84. The number of hydrogen-bond acceptors (Lipinski definition) is 3. The van der Waals surface area contributed by atoms with Crippen LogP contribution in [0.2, 0.25) is 0 Å². The topological polar surface area (TPSA) is 48.9 Å². The lowest BCUT2D eigenvalue weighted by Crippen LogP contribution is -2.49. The zero-order valence-electron chi connectivity index (χ0n) is 14.6. The first-order valence-corrected chi connectivity index (χ1v) is 9.15. The van der Waals surface area contributed by atoms with E-state index >= 15 is 0 Å². The van der Waals surface area contributed by atoms with Crippen molar-refractivity contribution in [1.29, 1.82) is 0 Å². The molecule has 1 aliphatic carbocycles. The second-order valence-electron chi connectivity index (χ2n) is 6.43. The average molecular weight is 310 g/mol. The minimum Gasteiger partial charge on any atom is -0.379 e. The molecule has 0 aromatic heterocycles. The van der Waals surface area contributed by atoms with Gasteiger partial charge in [0.2, 0.25) is 0 Å². The molecule has 5 heteroatoms. The molecule has 0 radical (unpaired) electrons.